The highest BCUT2D eigenvalue weighted by Gasteiger charge is 2.25. The molecular weight excluding hydrogens is 192 g/mol. The molecule has 1 heterocycles. The molecular formula is C11H22N2O2. The molecule has 4 nitrogen and oxygen atoms in total. The second-order valence-corrected chi connectivity index (χ2v) is 4.37. The Balaban J connectivity index is 2.28. The standard InChI is InChI=1S/C11H22N2O2/c1-9-8-13(6-5-10(9)12)11(14)4-3-7-15-2/h9-10H,3-8,12H2,1-2H3. The van der Waals surface area contributed by atoms with E-state index in [9.17, 15) is 4.79 Å². The van der Waals surface area contributed by atoms with Crippen LogP contribution in [-0.2, 0) is 9.53 Å². The summed E-state index contributed by atoms with van der Waals surface area (Å²) in [4.78, 5) is 13.7. The highest BCUT2D eigenvalue weighted by atomic mass is 16.5. The van der Waals surface area contributed by atoms with Crippen molar-refractivity contribution >= 4 is 5.91 Å². The number of rotatable bonds is 4. The van der Waals surface area contributed by atoms with Crippen molar-refractivity contribution < 1.29 is 9.53 Å². The van der Waals surface area contributed by atoms with Gasteiger partial charge in [-0.3, -0.25) is 4.79 Å². The van der Waals surface area contributed by atoms with E-state index in [1.807, 2.05) is 4.90 Å². The Morgan fingerprint density at radius 1 is 1.60 bits per heavy atom. The summed E-state index contributed by atoms with van der Waals surface area (Å²) in [6.07, 6.45) is 2.33. The van der Waals surface area contributed by atoms with Gasteiger partial charge in [-0.15, -0.1) is 0 Å². The summed E-state index contributed by atoms with van der Waals surface area (Å²) < 4.78 is 4.93. The highest BCUT2D eigenvalue weighted by Crippen LogP contribution is 2.15. The predicted molar refractivity (Wildman–Crippen MR) is 59.4 cm³/mol. The summed E-state index contributed by atoms with van der Waals surface area (Å²) in [5.74, 6) is 0.663. The van der Waals surface area contributed by atoms with Crippen LogP contribution >= 0.6 is 0 Å². The van der Waals surface area contributed by atoms with Gasteiger partial charge in [0.25, 0.3) is 0 Å². The van der Waals surface area contributed by atoms with Crippen molar-refractivity contribution in [3.05, 3.63) is 0 Å². The number of nitrogens with zero attached hydrogens (tertiary/aromatic N) is 1. The molecule has 88 valence electrons. The molecule has 0 bridgehead atoms. The van der Waals surface area contributed by atoms with Crippen molar-refractivity contribution in [2.24, 2.45) is 11.7 Å². The van der Waals surface area contributed by atoms with E-state index in [4.69, 9.17) is 10.5 Å². The van der Waals surface area contributed by atoms with Gasteiger partial charge in [0.1, 0.15) is 0 Å². The van der Waals surface area contributed by atoms with Crippen molar-refractivity contribution in [2.75, 3.05) is 26.8 Å². The van der Waals surface area contributed by atoms with Gasteiger partial charge in [0, 0.05) is 39.3 Å². The molecule has 2 atom stereocenters. The first-order valence-electron chi connectivity index (χ1n) is 5.67. The molecule has 1 rings (SSSR count). The number of carbonyl (C=O) groups excluding carboxylic acids is 1. The molecule has 1 aliphatic heterocycles. The summed E-state index contributed by atoms with van der Waals surface area (Å²) in [5.41, 5.74) is 5.90. The molecule has 2 N–H and O–H groups in total. The van der Waals surface area contributed by atoms with Crippen LogP contribution in [0.25, 0.3) is 0 Å². The second kappa shape index (κ2) is 6.08. The van der Waals surface area contributed by atoms with Crippen LogP contribution in [0.4, 0.5) is 0 Å². The number of ether oxygens (including phenoxy) is 1. The fourth-order valence-electron chi connectivity index (χ4n) is 1.92. The molecule has 1 saturated heterocycles. The van der Waals surface area contributed by atoms with E-state index in [1.54, 1.807) is 7.11 Å². The second-order valence-electron chi connectivity index (χ2n) is 4.37. The lowest BCUT2D eigenvalue weighted by atomic mass is 9.94. The number of methoxy groups -OCH3 is 1. The van der Waals surface area contributed by atoms with Crippen molar-refractivity contribution in [2.45, 2.75) is 32.2 Å². The number of nitrogens with two attached hydrogens (primary N) is 1. The zero-order chi connectivity index (χ0) is 11.3. The monoisotopic (exact) mass is 214 g/mol. The number of hydrogen-bond donors (Lipinski definition) is 1. The van der Waals surface area contributed by atoms with Crippen molar-refractivity contribution in [3.63, 3.8) is 0 Å². The third-order valence-corrected chi connectivity index (χ3v) is 3.06. The quantitative estimate of drug-likeness (QED) is 0.698. The summed E-state index contributed by atoms with van der Waals surface area (Å²) in [6, 6.07) is 0.257. The molecule has 0 aromatic heterocycles. The summed E-state index contributed by atoms with van der Waals surface area (Å²) in [6.45, 7) is 4.40. The van der Waals surface area contributed by atoms with Crippen LogP contribution in [0.2, 0.25) is 0 Å². The number of piperidine rings is 1. The zero-order valence-electron chi connectivity index (χ0n) is 9.74. The van der Waals surface area contributed by atoms with Gasteiger partial charge >= 0.3 is 0 Å². The number of likely N-dealkylation sites (tertiary alicyclic amines) is 1. The van der Waals surface area contributed by atoms with Gasteiger partial charge < -0.3 is 15.4 Å². The summed E-state index contributed by atoms with van der Waals surface area (Å²) >= 11 is 0. The van der Waals surface area contributed by atoms with Crippen molar-refractivity contribution in [1.82, 2.24) is 4.90 Å². The maximum atomic E-state index is 11.8. The Kier molecular flexibility index (Phi) is 5.05. The van der Waals surface area contributed by atoms with E-state index >= 15 is 0 Å². The average molecular weight is 214 g/mol. The first-order chi connectivity index (χ1) is 7.15. The minimum atomic E-state index is 0.241. The van der Waals surface area contributed by atoms with E-state index in [0.717, 1.165) is 25.9 Å². The largest absolute Gasteiger partial charge is 0.385 e. The highest BCUT2D eigenvalue weighted by molar-refractivity contribution is 5.76. The van der Waals surface area contributed by atoms with E-state index in [2.05, 4.69) is 6.92 Å². The Morgan fingerprint density at radius 3 is 2.93 bits per heavy atom. The zero-order valence-corrected chi connectivity index (χ0v) is 9.74. The van der Waals surface area contributed by atoms with E-state index < -0.39 is 0 Å². The SMILES string of the molecule is COCCCC(=O)N1CCC(N)C(C)C1. The van der Waals surface area contributed by atoms with Crippen LogP contribution in [0.15, 0.2) is 0 Å². The first-order valence-corrected chi connectivity index (χ1v) is 5.67. The van der Waals surface area contributed by atoms with Crippen LogP contribution < -0.4 is 5.73 Å². The normalized spacial score (nSPS) is 26.7. The number of hydrogen-bond acceptors (Lipinski definition) is 3. The summed E-state index contributed by atoms with van der Waals surface area (Å²) in [7, 11) is 1.66. The smallest absolute Gasteiger partial charge is 0.222 e. The Hall–Kier alpha value is -0.610. The molecule has 0 aromatic carbocycles. The molecule has 15 heavy (non-hydrogen) atoms. The lowest BCUT2D eigenvalue weighted by molar-refractivity contribution is -0.133. The maximum Gasteiger partial charge on any atom is 0.222 e. The maximum absolute atomic E-state index is 11.8. The lowest BCUT2D eigenvalue weighted by Gasteiger charge is -2.35. The molecule has 0 spiro atoms. The predicted octanol–water partition coefficient (Wildman–Crippen LogP) is 0.609. The summed E-state index contributed by atoms with van der Waals surface area (Å²) in [5, 5.41) is 0. The molecule has 2 unspecified atom stereocenters. The Bertz CT molecular complexity index is 209. The van der Waals surface area contributed by atoms with Gasteiger partial charge in [0.05, 0.1) is 0 Å². The first kappa shape index (κ1) is 12.5. The van der Waals surface area contributed by atoms with E-state index in [1.165, 1.54) is 0 Å². The molecule has 0 aromatic rings. The van der Waals surface area contributed by atoms with Gasteiger partial charge in [-0.25, -0.2) is 0 Å². The Labute approximate surface area is 91.8 Å². The van der Waals surface area contributed by atoms with Crippen molar-refractivity contribution in [3.8, 4) is 0 Å². The molecule has 1 amide bonds. The molecule has 4 heteroatoms. The van der Waals surface area contributed by atoms with Gasteiger partial charge in [-0.2, -0.15) is 0 Å². The van der Waals surface area contributed by atoms with Gasteiger partial charge in [0.15, 0.2) is 0 Å². The van der Waals surface area contributed by atoms with Crippen LogP contribution in [0.3, 0.4) is 0 Å². The molecule has 1 aliphatic rings. The minimum Gasteiger partial charge on any atom is -0.385 e. The minimum absolute atomic E-state index is 0.241. The molecule has 0 saturated carbocycles. The van der Waals surface area contributed by atoms with Crippen LogP contribution in [0, 0.1) is 5.92 Å². The van der Waals surface area contributed by atoms with Crippen LogP contribution in [0.1, 0.15) is 26.2 Å². The average Bonchev–Trinajstić information content (AvgIpc) is 2.22. The molecule has 0 radical (unpaired) electrons. The van der Waals surface area contributed by atoms with Crippen LogP contribution in [-0.4, -0.2) is 43.7 Å². The number of carbonyl (C=O) groups is 1. The fourth-order valence-corrected chi connectivity index (χ4v) is 1.92. The van der Waals surface area contributed by atoms with Gasteiger partial charge in [-0.1, -0.05) is 6.92 Å². The van der Waals surface area contributed by atoms with E-state index in [-0.39, 0.29) is 11.9 Å². The fraction of sp³-hybridized carbons (Fsp3) is 0.909. The number of amides is 1. The lowest BCUT2D eigenvalue weighted by Crippen LogP contribution is -2.48. The van der Waals surface area contributed by atoms with Crippen molar-refractivity contribution in [1.29, 1.82) is 0 Å². The van der Waals surface area contributed by atoms with Gasteiger partial charge in [-0.05, 0) is 18.8 Å². The third kappa shape index (κ3) is 3.80. The van der Waals surface area contributed by atoms with E-state index in [0.29, 0.717) is 18.9 Å². The van der Waals surface area contributed by atoms with Gasteiger partial charge in [0.2, 0.25) is 5.91 Å². The Morgan fingerprint density at radius 2 is 2.33 bits per heavy atom. The molecule has 1 fully saturated rings. The molecule has 0 aliphatic carbocycles. The third-order valence-electron chi connectivity index (χ3n) is 3.06. The van der Waals surface area contributed by atoms with Crippen LogP contribution in [0.5, 0.6) is 0 Å². The topological polar surface area (TPSA) is 55.6 Å².